The van der Waals surface area contributed by atoms with E-state index in [1.165, 1.54) is 0 Å². The van der Waals surface area contributed by atoms with Crippen LogP contribution < -0.4 is 10.5 Å². The zero-order chi connectivity index (χ0) is 15.5. The van der Waals surface area contributed by atoms with Gasteiger partial charge in [-0.25, -0.2) is 0 Å². The highest BCUT2D eigenvalue weighted by molar-refractivity contribution is 5.36. The van der Waals surface area contributed by atoms with E-state index in [0.717, 1.165) is 31.5 Å². The number of para-hydroxylation sites is 1. The van der Waals surface area contributed by atoms with Crippen molar-refractivity contribution in [2.45, 2.75) is 39.3 Å². The van der Waals surface area contributed by atoms with Gasteiger partial charge in [0.1, 0.15) is 5.75 Å². The molecule has 1 aliphatic rings. The van der Waals surface area contributed by atoms with Crippen LogP contribution in [0.3, 0.4) is 0 Å². The van der Waals surface area contributed by atoms with Crippen LogP contribution in [0.2, 0.25) is 0 Å². The Balaban J connectivity index is 2.18. The summed E-state index contributed by atoms with van der Waals surface area (Å²) in [6, 6.07) is 6.88. The normalized spacial score (nSPS) is 20.5. The van der Waals surface area contributed by atoms with Crippen molar-refractivity contribution in [2.24, 2.45) is 11.1 Å². The van der Waals surface area contributed by atoms with Crippen molar-refractivity contribution in [3.8, 4) is 5.75 Å². The van der Waals surface area contributed by atoms with Gasteiger partial charge >= 0.3 is 6.61 Å². The van der Waals surface area contributed by atoms with Gasteiger partial charge in [-0.1, -0.05) is 32.0 Å². The highest BCUT2D eigenvalue weighted by Gasteiger charge is 2.30. The van der Waals surface area contributed by atoms with Crippen LogP contribution >= 0.6 is 0 Å². The van der Waals surface area contributed by atoms with Crippen molar-refractivity contribution in [3.63, 3.8) is 0 Å². The molecule has 3 nitrogen and oxygen atoms in total. The second-order valence-corrected chi connectivity index (χ2v) is 6.37. The Morgan fingerprint density at radius 2 is 1.86 bits per heavy atom. The van der Waals surface area contributed by atoms with Gasteiger partial charge in [-0.3, -0.25) is 4.90 Å². The van der Waals surface area contributed by atoms with Gasteiger partial charge in [-0.15, -0.1) is 0 Å². The zero-order valence-corrected chi connectivity index (χ0v) is 12.7. The van der Waals surface area contributed by atoms with Gasteiger partial charge in [0.15, 0.2) is 0 Å². The number of nitrogens with zero attached hydrogens (tertiary/aromatic N) is 1. The number of ether oxygens (including phenoxy) is 1. The molecule has 0 bridgehead atoms. The topological polar surface area (TPSA) is 38.5 Å². The molecular formula is C16H24F2N2O. The average molecular weight is 298 g/mol. The minimum absolute atomic E-state index is 0.0731. The van der Waals surface area contributed by atoms with Crippen LogP contribution in [0.4, 0.5) is 8.78 Å². The van der Waals surface area contributed by atoms with Crippen molar-refractivity contribution in [1.82, 2.24) is 4.90 Å². The molecule has 1 heterocycles. The molecule has 1 unspecified atom stereocenters. The molecule has 5 heteroatoms. The molecule has 21 heavy (non-hydrogen) atoms. The largest absolute Gasteiger partial charge is 0.434 e. The third-order valence-corrected chi connectivity index (χ3v) is 4.31. The number of likely N-dealkylation sites (tertiary alicyclic amines) is 1. The summed E-state index contributed by atoms with van der Waals surface area (Å²) in [7, 11) is 0. The highest BCUT2D eigenvalue weighted by Crippen LogP contribution is 2.36. The molecule has 2 N–H and O–H groups in total. The molecule has 2 rings (SSSR count). The van der Waals surface area contributed by atoms with Gasteiger partial charge in [0.2, 0.25) is 0 Å². The predicted molar refractivity (Wildman–Crippen MR) is 79.5 cm³/mol. The lowest BCUT2D eigenvalue weighted by atomic mass is 9.82. The Labute approximate surface area is 125 Å². The first kappa shape index (κ1) is 16.2. The number of rotatable bonds is 5. The van der Waals surface area contributed by atoms with Gasteiger partial charge < -0.3 is 10.5 Å². The standard InChI is InChI=1S/C16H24F2N2O/c1-16(2)7-9-20(10-8-16)13(11-19)12-5-3-4-6-14(12)21-15(17)18/h3-6,13,15H,7-11,19H2,1-2H3. The fourth-order valence-corrected chi connectivity index (χ4v) is 2.87. The summed E-state index contributed by atoms with van der Waals surface area (Å²) in [5.41, 5.74) is 7.01. The Hall–Kier alpha value is -1.20. The van der Waals surface area contributed by atoms with Crippen LogP contribution in [0.25, 0.3) is 0 Å². The predicted octanol–water partition coefficient (Wildman–Crippen LogP) is 3.41. The molecule has 118 valence electrons. The Bertz CT molecular complexity index is 455. The molecule has 0 saturated carbocycles. The average Bonchev–Trinajstić information content (AvgIpc) is 2.42. The lowest BCUT2D eigenvalue weighted by Crippen LogP contribution is -2.42. The van der Waals surface area contributed by atoms with Crippen molar-refractivity contribution >= 4 is 0 Å². The van der Waals surface area contributed by atoms with Crippen molar-refractivity contribution in [1.29, 1.82) is 0 Å². The van der Waals surface area contributed by atoms with Crippen LogP contribution in [-0.4, -0.2) is 31.1 Å². The number of nitrogens with two attached hydrogens (primary N) is 1. The molecule has 0 spiro atoms. The van der Waals surface area contributed by atoms with Crippen molar-refractivity contribution < 1.29 is 13.5 Å². The summed E-state index contributed by atoms with van der Waals surface area (Å²) in [5.74, 6) is 0.229. The molecule has 0 radical (unpaired) electrons. The summed E-state index contributed by atoms with van der Waals surface area (Å²) in [6.45, 7) is 3.95. The van der Waals surface area contributed by atoms with E-state index in [-0.39, 0.29) is 11.8 Å². The molecule has 0 amide bonds. The molecule has 1 aliphatic heterocycles. The molecule has 1 aromatic carbocycles. The molecule has 1 fully saturated rings. The van der Waals surface area contributed by atoms with Gasteiger partial charge in [0, 0.05) is 12.1 Å². The second-order valence-electron chi connectivity index (χ2n) is 6.37. The maximum absolute atomic E-state index is 12.5. The first-order valence-corrected chi connectivity index (χ1v) is 7.41. The SMILES string of the molecule is CC1(C)CCN(C(CN)c2ccccc2OC(F)F)CC1. The molecular weight excluding hydrogens is 274 g/mol. The van der Waals surface area contributed by atoms with E-state index in [2.05, 4.69) is 23.5 Å². The Kier molecular flexibility index (Phi) is 5.17. The van der Waals surface area contributed by atoms with E-state index in [1.54, 1.807) is 12.1 Å². The summed E-state index contributed by atoms with van der Waals surface area (Å²) < 4.78 is 29.7. The number of benzene rings is 1. The fourth-order valence-electron chi connectivity index (χ4n) is 2.87. The highest BCUT2D eigenvalue weighted by atomic mass is 19.3. The van der Waals surface area contributed by atoms with Crippen LogP contribution in [0, 0.1) is 5.41 Å². The quantitative estimate of drug-likeness (QED) is 0.905. The first-order valence-electron chi connectivity index (χ1n) is 7.41. The van der Waals surface area contributed by atoms with Crippen LogP contribution in [0.15, 0.2) is 24.3 Å². The van der Waals surface area contributed by atoms with E-state index < -0.39 is 6.61 Å². The van der Waals surface area contributed by atoms with Crippen LogP contribution in [0.1, 0.15) is 38.3 Å². The number of hydrogen-bond acceptors (Lipinski definition) is 3. The number of piperidine rings is 1. The third-order valence-electron chi connectivity index (χ3n) is 4.31. The molecule has 0 aliphatic carbocycles. The number of hydrogen-bond donors (Lipinski definition) is 1. The Morgan fingerprint density at radius 1 is 1.24 bits per heavy atom. The molecule has 0 aromatic heterocycles. The third kappa shape index (κ3) is 4.14. The first-order chi connectivity index (χ1) is 9.93. The van der Waals surface area contributed by atoms with E-state index in [0.29, 0.717) is 12.0 Å². The molecule has 1 atom stereocenters. The zero-order valence-electron chi connectivity index (χ0n) is 12.7. The van der Waals surface area contributed by atoms with E-state index in [9.17, 15) is 8.78 Å². The lowest BCUT2D eigenvalue weighted by molar-refractivity contribution is -0.0513. The minimum atomic E-state index is -2.81. The van der Waals surface area contributed by atoms with Gasteiger partial charge in [0.05, 0.1) is 6.04 Å². The molecule has 1 aromatic rings. The second kappa shape index (κ2) is 6.71. The number of halogens is 2. The molecule has 1 saturated heterocycles. The maximum atomic E-state index is 12.5. The smallest absolute Gasteiger partial charge is 0.387 e. The van der Waals surface area contributed by atoms with Crippen molar-refractivity contribution in [3.05, 3.63) is 29.8 Å². The van der Waals surface area contributed by atoms with Gasteiger partial charge in [0.25, 0.3) is 0 Å². The van der Waals surface area contributed by atoms with Crippen LogP contribution in [0.5, 0.6) is 5.75 Å². The summed E-state index contributed by atoms with van der Waals surface area (Å²) in [4.78, 5) is 2.28. The summed E-state index contributed by atoms with van der Waals surface area (Å²) in [5, 5.41) is 0. The van der Waals surface area contributed by atoms with Crippen molar-refractivity contribution in [2.75, 3.05) is 19.6 Å². The lowest BCUT2D eigenvalue weighted by Gasteiger charge is -2.41. The Morgan fingerprint density at radius 3 is 2.43 bits per heavy atom. The van der Waals surface area contributed by atoms with E-state index >= 15 is 0 Å². The maximum Gasteiger partial charge on any atom is 0.387 e. The van der Waals surface area contributed by atoms with Crippen LogP contribution in [-0.2, 0) is 0 Å². The minimum Gasteiger partial charge on any atom is -0.434 e. The monoisotopic (exact) mass is 298 g/mol. The number of alkyl halides is 2. The summed E-state index contributed by atoms with van der Waals surface area (Å²) in [6.07, 6.45) is 2.17. The summed E-state index contributed by atoms with van der Waals surface area (Å²) >= 11 is 0. The van der Waals surface area contributed by atoms with Gasteiger partial charge in [-0.2, -0.15) is 8.78 Å². The van der Waals surface area contributed by atoms with E-state index in [1.807, 2.05) is 12.1 Å². The van der Waals surface area contributed by atoms with E-state index in [4.69, 9.17) is 5.73 Å². The van der Waals surface area contributed by atoms with Gasteiger partial charge in [-0.05, 0) is 37.4 Å². The fraction of sp³-hybridized carbons (Fsp3) is 0.625.